The Kier molecular flexibility index (Phi) is 5.89. The molecule has 0 fully saturated rings. The maximum absolute atomic E-state index is 12.4. The topological polar surface area (TPSA) is 94.0 Å². The zero-order valence-corrected chi connectivity index (χ0v) is 17.2. The Bertz CT molecular complexity index is 1140. The molecule has 1 amide bonds. The minimum atomic E-state index is -0.620. The van der Waals surface area contributed by atoms with E-state index >= 15 is 0 Å². The number of amides is 1. The molecule has 4 rings (SSSR count). The zero-order chi connectivity index (χ0) is 21.6. The van der Waals surface area contributed by atoms with Crippen LogP contribution in [0.4, 0.5) is 17.2 Å². The maximum Gasteiger partial charge on any atom is 0.265 e. The number of ether oxygens (including phenoxy) is 1. The molecule has 1 unspecified atom stereocenters. The number of aryl methyl sites for hydroxylation is 1. The number of aromatic nitrogens is 4. The van der Waals surface area contributed by atoms with E-state index in [0.717, 1.165) is 5.69 Å². The van der Waals surface area contributed by atoms with Crippen molar-refractivity contribution in [1.82, 2.24) is 19.7 Å². The molecule has 2 aromatic carbocycles. The van der Waals surface area contributed by atoms with Crippen LogP contribution in [0.3, 0.4) is 0 Å². The van der Waals surface area contributed by atoms with Gasteiger partial charge in [0.1, 0.15) is 17.4 Å². The van der Waals surface area contributed by atoms with Gasteiger partial charge in [-0.1, -0.05) is 18.2 Å². The highest BCUT2D eigenvalue weighted by Gasteiger charge is 2.14. The van der Waals surface area contributed by atoms with Crippen LogP contribution in [0.25, 0.3) is 5.82 Å². The van der Waals surface area contributed by atoms with Gasteiger partial charge in [0.2, 0.25) is 0 Å². The first-order valence-corrected chi connectivity index (χ1v) is 9.82. The molecular weight excluding hydrogens is 392 g/mol. The van der Waals surface area contributed by atoms with E-state index < -0.39 is 6.10 Å². The van der Waals surface area contributed by atoms with E-state index in [-0.39, 0.29) is 5.91 Å². The van der Waals surface area contributed by atoms with Crippen LogP contribution in [0, 0.1) is 6.92 Å². The summed E-state index contributed by atoms with van der Waals surface area (Å²) < 4.78 is 7.34. The van der Waals surface area contributed by atoms with Crippen molar-refractivity contribution in [3.8, 4) is 11.6 Å². The standard InChI is InChI=1S/C23H22N6O2/c1-16(31-20-7-4-3-5-8-20)23(30)28-19-11-9-18(10-12-19)27-21-15-22(26-17(2)25-21)29-14-6-13-24-29/h3-16H,1-2H3,(H,28,30)(H,25,26,27). The van der Waals surface area contributed by atoms with Crippen molar-refractivity contribution in [3.05, 3.63) is 84.9 Å². The molecule has 0 aliphatic carbocycles. The fraction of sp³-hybridized carbons (Fsp3) is 0.130. The Morgan fingerprint density at radius 3 is 2.45 bits per heavy atom. The molecule has 0 aliphatic heterocycles. The highest BCUT2D eigenvalue weighted by Crippen LogP contribution is 2.20. The molecule has 0 radical (unpaired) electrons. The van der Waals surface area contributed by atoms with Gasteiger partial charge < -0.3 is 15.4 Å². The van der Waals surface area contributed by atoms with Gasteiger partial charge >= 0.3 is 0 Å². The molecule has 2 heterocycles. The number of nitrogens with zero attached hydrogens (tertiary/aromatic N) is 4. The lowest BCUT2D eigenvalue weighted by Gasteiger charge is -2.15. The molecule has 0 aliphatic rings. The Labute approximate surface area is 179 Å². The highest BCUT2D eigenvalue weighted by molar-refractivity contribution is 5.94. The van der Waals surface area contributed by atoms with Crippen LogP contribution in [0.15, 0.2) is 79.1 Å². The van der Waals surface area contributed by atoms with Gasteiger partial charge in [0.15, 0.2) is 11.9 Å². The summed E-state index contributed by atoms with van der Waals surface area (Å²) in [5, 5.41) is 10.3. The van der Waals surface area contributed by atoms with Crippen LogP contribution < -0.4 is 15.4 Å². The Morgan fingerprint density at radius 1 is 1.00 bits per heavy atom. The molecule has 0 bridgehead atoms. The number of hydrogen-bond donors (Lipinski definition) is 2. The quantitative estimate of drug-likeness (QED) is 0.472. The van der Waals surface area contributed by atoms with Gasteiger partial charge in [-0.2, -0.15) is 5.10 Å². The van der Waals surface area contributed by atoms with E-state index in [2.05, 4.69) is 25.7 Å². The lowest BCUT2D eigenvalue weighted by atomic mass is 10.2. The lowest BCUT2D eigenvalue weighted by molar-refractivity contribution is -0.122. The number of rotatable bonds is 7. The molecule has 8 nitrogen and oxygen atoms in total. The summed E-state index contributed by atoms with van der Waals surface area (Å²) in [5.74, 6) is 2.39. The van der Waals surface area contributed by atoms with E-state index in [9.17, 15) is 4.79 Å². The summed E-state index contributed by atoms with van der Waals surface area (Å²) in [6.45, 7) is 3.54. The van der Waals surface area contributed by atoms with Crippen molar-refractivity contribution in [2.45, 2.75) is 20.0 Å². The molecule has 2 N–H and O–H groups in total. The average molecular weight is 414 g/mol. The second kappa shape index (κ2) is 9.08. The normalized spacial score (nSPS) is 11.5. The first kappa shape index (κ1) is 20.1. The first-order valence-electron chi connectivity index (χ1n) is 9.82. The summed E-state index contributed by atoms with van der Waals surface area (Å²) in [7, 11) is 0. The third kappa shape index (κ3) is 5.24. The second-order valence-electron chi connectivity index (χ2n) is 6.87. The average Bonchev–Trinajstić information content (AvgIpc) is 3.30. The Hall–Kier alpha value is -4.20. The van der Waals surface area contributed by atoms with Crippen molar-refractivity contribution in [2.75, 3.05) is 10.6 Å². The molecule has 2 aromatic heterocycles. The molecule has 0 spiro atoms. The van der Waals surface area contributed by atoms with Gasteiger partial charge in [-0.25, -0.2) is 14.6 Å². The molecule has 156 valence electrons. The molecule has 31 heavy (non-hydrogen) atoms. The van der Waals surface area contributed by atoms with Crippen molar-refractivity contribution in [2.24, 2.45) is 0 Å². The van der Waals surface area contributed by atoms with Crippen LogP contribution in [0.5, 0.6) is 5.75 Å². The summed E-state index contributed by atoms with van der Waals surface area (Å²) in [5.41, 5.74) is 1.51. The van der Waals surface area contributed by atoms with Crippen molar-refractivity contribution in [3.63, 3.8) is 0 Å². The first-order chi connectivity index (χ1) is 15.1. The number of carbonyl (C=O) groups is 1. The summed E-state index contributed by atoms with van der Waals surface area (Å²) in [4.78, 5) is 21.2. The smallest absolute Gasteiger partial charge is 0.265 e. The molecule has 0 saturated heterocycles. The third-order valence-electron chi connectivity index (χ3n) is 4.41. The number of para-hydroxylation sites is 1. The second-order valence-corrected chi connectivity index (χ2v) is 6.87. The van der Waals surface area contributed by atoms with Gasteiger partial charge in [-0.15, -0.1) is 0 Å². The van der Waals surface area contributed by atoms with Gasteiger partial charge in [0, 0.05) is 29.8 Å². The van der Waals surface area contributed by atoms with Gasteiger partial charge in [0.05, 0.1) is 0 Å². The Morgan fingerprint density at radius 2 is 1.74 bits per heavy atom. The van der Waals surface area contributed by atoms with Gasteiger partial charge in [-0.05, 0) is 56.3 Å². The van der Waals surface area contributed by atoms with Crippen LogP contribution in [-0.2, 0) is 4.79 Å². The molecule has 4 aromatic rings. The molecule has 1 atom stereocenters. The molecular formula is C23H22N6O2. The maximum atomic E-state index is 12.4. The number of carbonyl (C=O) groups excluding carboxylic acids is 1. The fourth-order valence-corrected chi connectivity index (χ4v) is 2.92. The van der Waals surface area contributed by atoms with E-state index in [0.29, 0.717) is 28.9 Å². The highest BCUT2D eigenvalue weighted by atomic mass is 16.5. The summed E-state index contributed by atoms with van der Waals surface area (Å²) in [6, 6.07) is 20.3. The number of nitrogens with one attached hydrogen (secondary N) is 2. The predicted octanol–water partition coefficient (Wildman–Crippen LogP) is 4.12. The van der Waals surface area contributed by atoms with Crippen LogP contribution in [0.2, 0.25) is 0 Å². The fourth-order valence-electron chi connectivity index (χ4n) is 2.92. The molecule has 8 heteroatoms. The SMILES string of the molecule is Cc1nc(Nc2ccc(NC(=O)C(C)Oc3ccccc3)cc2)cc(-n2cccn2)n1. The largest absolute Gasteiger partial charge is 0.481 e. The van der Waals surface area contributed by atoms with E-state index in [1.54, 1.807) is 17.8 Å². The summed E-state index contributed by atoms with van der Waals surface area (Å²) in [6.07, 6.45) is 2.90. The number of anilines is 3. The Balaban J connectivity index is 1.39. The zero-order valence-electron chi connectivity index (χ0n) is 17.2. The van der Waals surface area contributed by atoms with E-state index in [1.165, 1.54) is 0 Å². The van der Waals surface area contributed by atoms with Crippen molar-refractivity contribution >= 4 is 23.1 Å². The van der Waals surface area contributed by atoms with E-state index in [1.807, 2.05) is 79.9 Å². The van der Waals surface area contributed by atoms with Crippen LogP contribution >= 0.6 is 0 Å². The number of benzene rings is 2. The minimum absolute atomic E-state index is 0.222. The van der Waals surface area contributed by atoms with Gasteiger partial charge in [0.25, 0.3) is 5.91 Å². The van der Waals surface area contributed by atoms with Crippen LogP contribution in [0.1, 0.15) is 12.7 Å². The van der Waals surface area contributed by atoms with Gasteiger partial charge in [-0.3, -0.25) is 4.79 Å². The predicted molar refractivity (Wildman–Crippen MR) is 119 cm³/mol. The number of hydrogen-bond acceptors (Lipinski definition) is 6. The third-order valence-corrected chi connectivity index (χ3v) is 4.41. The van der Waals surface area contributed by atoms with Crippen molar-refractivity contribution < 1.29 is 9.53 Å². The monoisotopic (exact) mass is 414 g/mol. The van der Waals surface area contributed by atoms with E-state index in [4.69, 9.17) is 4.74 Å². The minimum Gasteiger partial charge on any atom is -0.481 e. The van der Waals surface area contributed by atoms with Crippen molar-refractivity contribution in [1.29, 1.82) is 0 Å². The van der Waals surface area contributed by atoms with Crippen LogP contribution in [-0.4, -0.2) is 31.8 Å². The lowest BCUT2D eigenvalue weighted by Crippen LogP contribution is -2.30. The molecule has 0 saturated carbocycles. The summed E-state index contributed by atoms with van der Waals surface area (Å²) >= 11 is 0.